The lowest BCUT2D eigenvalue weighted by Crippen LogP contribution is -2.11. The highest BCUT2D eigenvalue weighted by molar-refractivity contribution is 5.95. The third-order valence-electron chi connectivity index (χ3n) is 5.22. The van der Waals surface area contributed by atoms with Crippen molar-refractivity contribution in [2.45, 2.75) is 13.1 Å². The highest BCUT2D eigenvalue weighted by Gasteiger charge is 2.15. The maximum absolute atomic E-state index is 12.8. The Labute approximate surface area is 167 Å². The highest BCUT2D eigenvalue weighted by Crippen LogP contribution is 2.29. The van der Waals surface area contributed by atoms with Crippen LogP contribution in [0.15, 0.2) is 83.8 Å². The number of fused-ring (bicyclic) bond motifs is 2. The molecule has 0 radical (unpaired) electrons. The van der Waals surface area contributed by atoms with Crippen molar-refractivity contribution in [2.24, 2.45) is 5.73 Å². The molecular formula is C24H20N4O. The molecule has 142 valence electrons. The third-order valence-corrected chi connectivity index (χ3v) is 5.22. The van der Waals surface area contributed by atoms with Gasteiger partial charge in [0.2, 0.25) is 0 Å². The molecule has 5 heteroatoms. The molecule has 29 heavy (non-hydrogen) atoms. The monoisotopic (exact) mass is 380 g/mol. The maximum atomic E-state index is 12.8. The second-order valence-electron chi connectivity index (χ2n) is 7.14. The molecular weight excluding hydrogens is 360 g/mol. The van der Waals surface area contributed by atoms with E-state index in [0.717, 1.165) is 33.1 Å². The Morgan fingerprint density at radius 2 is 1.72 bits per heavy atom. The van der Waals surface area contributed by atoms with E-state index in [1.54, 1.807) is 0 Å². The van der Waals surface area contributed by atoms with Gasteiger partial charge in [0, 0.05) is 35.8 Å². The lowest BCUT2D eigenvalue weighted by Gasteiger charge is -2.07. The van der Waals surface area contributed by atoms with Crippen molar-refractivity contribution in [3.05, 3.63) is 100 Å². The number of nitrogens with two attached hydrogens (primary N) is 1. The van der Waals surface area contributed by atoms with Gasteiger partial charge in [-0.25, -0.2) is 4.98 Å². The Morgan fingerprint density at radius 1 is 0.931 bits per heavy atom. The van der Waals surface area contributed by atoms with E-state index in [2.05, 4.69) is 32.7 Å². The van der Waals surface area contributed by atoms with Gasteiger partial charge in [0.1, 0.15) is 5.69 Å². The van der Waals surface area contributed by atoms with E-state index in [9.17, 15) is 4.79 Å². The Morgan fingerprint density at radius 3 is 2.62 bits per heavy atom. The van der Waals surface area contributed by atoms with Crippen molar-refractivity contribution in [1.29, 1.82) is 0 Å². The minimum atomic E-state index is -0.184. The van der Waals surface area contributed by atoms with Crippen LogP contribution >= 0.6 is 0 Å². The number of nitrogens with one attached hydrogen (secondary N) is 1. The van der Waals surface area contributed by atoms with Gasteiger partial charge in [0.25, 0.3) is 5.56 Å². The summed E-state index contributed by atoms with van der Waals surface area (Å²) in [6, 6.07) is 24.0. The molecule has 3 N–H and O–H groups in total. The molecule has 0 aliphatic carbocycles. The number of H-pyrrole nitrogens is 1. The summed E-state index contributed by atoms with van der Waals surface area (Å²) in [6.07, 6.45) is 2.02. The molecule has 0 spiro atoms. The van der Waals surface area contributed by atoms with Crippen molar-refractivity contribution in [1.82, 2.24) is 14.5 Å². The zero-order chi connectivity index (χ0) is 19.8. The normalized spacial score (nSPS) is 11.3. The predicted octanol–water partition coefficient (Wildman–Crippen LogP) is 4.05. The Bertz CT molecular complexity index is 1400. The SMILES string of the molecule is NCc1cccc(Cn2cc(-c3nc4ccccc4[nH]c3=O)c3ccccc32)c1. The molecule has 0 amide bonds. The summed E-state index contributed by atoms with van der Waals surface area (Å²) in [5.74, 6) is 0. The lowest BCUT2D eigenvalue weighted by atomic mass is 10.1. The molecule has 0 fully saturated rings. The lowest BCUT2D eigenvalue weighted by molar-refractivity contribution is 0.834. The minimum absolute atomic E-state index is 0.184. The number of aromatic amines is 1. The average Bonchev–Trinajstić information content (AvgIpc) is 3.11. The number of nitrogens with zero attached hydrogens (tertiary/aromatic N) is 2. The topological polar surface area (TPSA) is 76.7 Å². The van der Waals surface area contributed by atoms with Crippen LogP contribution < -0.4 is 11.3 Å². The predicted molar refractivity (Wildman–Crippen MR) is 117 cm³/mol. The van der Waals surface area contributed by atoms with E-state index in [1.165, 1.54) is 5.56 Å². The van der Waals surface area contributed by atoms with Crippen LogP contribution in [-0.4, -0.2) is 14.5 Å². The van der Waals surface area contributed by atoms with Gasteiger partial charge < -0.3 is 15.3 Å². The van der Waals surface area contributed by atoms with E-state index in [1.807, 2.05) is 60.8 Å². The summed E-state index contributed by atoms with van der Waals surface area (Å²) < 4.78 is 2.16. The van der Waals surface area contributed by atoms with Crippen LogP contribution in [0.1, 0.15) is 11.1 Å². The Kier molecular flexibility index (Phi) is 4.22. The molecule has 5 aromatic rings. The molecule has 5 nitrogen and oxygen atoms in total. The number of benzene rings is 3. The first-order chi connectivity index (χ1) is 14.2. The zero-order valence-corrected chi connectivity index (χ0v) is 15.8. The molecule has 5 rings (SSSR count). The number of para-hydroxylation sites is 3. The van der Waals surface area contributed by atoms with E-state index in [4.69, 9.17) is 5.73 Å². The third kappa shape index (κ3) is 3.11. The molecule has 0 atom stereocenters. The zero-order valence-electron chi connectivity index (χ0n) is 15.8. The van der Waals surface area contributed by atoms with Crippen LogP contribution in [0, 0.1) is 0 Å². The summed E-state index contributed by atoms with van der Waals surface area (Å²) in [5.41, 5.74) is 11.7. The van der Waals surface area contributed by atoms with E-state index < -0.39 is 0 Å². The van der Waals surface area contributed by atoms with Gasteiger partial charge >= 0.3 is 0 Å². The molecule has 0 saturated carbocycles. The van der Waals surface area contributed by atoms with Gasteiger partial charge in [0.05, 0.1) is 11.0 Å². The molecule has 0 aliphatic heterocycles. The summed E-state index contributed by atoms with van der Waals surface area (Å²) >= 11 is 0. The molecule has 0 unspecified atom stereocenters. The van der Waals surface area contributed by atoms with Gasteiger partial charge in [-0.15, -0.1) is 0 Å². The second kappa shape index (κ2) is 7.04. The van der Waals surface area contributed by atoms with E-state index in [0.29, 0.717) is 18.8 Å². The highest BCUT2D eigenvalue weighted by atomic mass is 16.1. The summed E-state index contributed by atoms with van der Waals surface area (Å²) in [7, 11) is 0. The van der Waals surface area contributed by atoms with Gasteiger partial charge in [-0.1, -0.05) is 54.6 Å². The van der Waals surface area contributed by atoms with Gasteiger partial charge in [-0.3, -0.25) is 4.79 Å². The first-order valence-electron chi connectivity index (χ1n) is 9.58. The first-order valence-corrected chi connectivity index (χ1v) is 9.58. The molecule has 0 aliphatic rings. The van der Waals surface area contributed by atoms with Crippen molar-refractivity contribution in [3.63, 3.8) is 0 Å². The quantitative estimate of drug-likeness (QED) is 0.494. The molecule has 3 aromatic carbocycles. The van der Waals surface area contributed by atoms with Crippen molar-refractivity contribution >= 4 is 21.9 Å². The molecule has 0 bridgehead atoms. The van der Waals surface area contributed by atoms with Crippen LogP contribution in [0.2, 0.25) is 0 Å². The largest absolute Gasteiger partial charge is 0.342 e. The van der Waals surface area contributed by atoms with Crippen LogP contribution in [0.4, 0.5) is 0 Å². The van der Waals surface area contributed by atoms with Crippen LogP contribution in [0.5, 0.6) is 0 Å². The van der Waals surface area contributed by atoms with Crippen LogP contribution in [0.3, 0.4) is 0 Å². The fraction of sp³-hybridized carbons (Fsp3) is 0.0833. The van der Waals surface area contributed by atoms with Gasteiger partial charge in [-0.2, -0.15) is 0 Å². The number of rotatable bonds is 4. The number of hydrogen-bond acceptors (Lipinski definition) is 3. The summed E-state index contributed by atoms with van der Waals surface area (Å²) in [6.45, 7) is 1.21. The van der Waals surface area contributed by atoms with Crippen LogP contribution in [0.25, 0.3) is 33.2 Å². The Hall–Kier alpha value is -3.70. The second-order valence-corrected chi connectivity index (χ2v) is 7.14. The van der Waals surface area contributed by atoms with Gasteiger partial charge in [-0.05, 0) is 29.3 Å². The first kappa shape index (κ1) is 17.4. The summed E-state index contributed by atoms with van der Waals surface area (Å²) in [5, 5.41) is 1.01. The van der Waals surface area contributed by atoms with Crippen molar-refractivity contribution in [2.75, 3.05) is 0 Å². The van der Waals surface area contributed by atoms with Crippen LogP contribution in [-0.2, 0) is 13.1 Å². The minimum Gasteiger partial charge on any atom is -0.342 e. The molecule has 0 saturated heterocycles. The molecule has 2 heterocycles. The Balaban J connectivity index is 1.68. The fourth-order valence-electron chi connectivity index (χ4n) is 3.83. The number of aromatic nitrogens is 3. The van der Waals surface area contributed by atoms with Gasteiger partial charge in [0.15, 0.2) is 0 Å². The maximum Gasteiger partial charge on any atom is 0.275 e. The van der Waals surface area contributed by atoms with E-state index in [-0.39, 0.29) is 5.56 Å². The molecule has 2 aromatic heterocycles. The summed E-state index contributed by atoms with van der Waals surface area (Å²) in [4.78, 5) is 20.4. The van der Waals surface area contributed by atoms with Crippen molar-refractivity contribution < 1.29 is 0 Å². The van der Waals surface area contributed by atoms with E-state index >= 15 is 0 Å². The van der Waals surface area contributed by atoms with Crippen molar-refractivity contribution in [3.8, 4) is 11.3 Å². The average molecular weight is 380 g/mol. The number of hydrogen-bond donors (Lipinski definition) is 2. The smallest absolute Gasteiger partial charge is 0.275 e. The fourth-order valence-corrected chi connectivity index (χ4v) is 3.83. The standard InChI is InChI=1S/C24H20N4O/c25-13-16-6-5-7-17(12-16)14-28-15-19(18-8-1-4-11-22(18)28)23-24(29)27-21-10-3-2-9-20(21)26-23/h1-12,15H,13-14,25H2,(H,27,29).